The average molecular weight is 737 g/mol. The maximum atomic E-state index is 15.7. The highest BCUT2D eigenvalue weighted by Crippen LogP contribution is 2.43. The SMILES string of the molecule is Fc1cccc2c3ccccc3n(-c3cccc(N(c4ccc(-c5ccc6ccccc6c5)cc4)c4ccc(-c5cccc6c5sc5ccccc56)cc4)c3)c12. The minimum Gasteiger partial charge on any atom is -0.310 e. The molecule has 0 aliphatic rings. The third-order valence-electron chi connectivity index (χ3n) is 11.0. The lowest BCUT2D eigenvalue weighted by molar-refractivity contribution is 0.635. The first kappa shape index (κ1) is 32.4. The van der Waals surface area contributed by atoms with Crippen molar-refractivity contribution in [1.29, 1.82) is 0 Å². The Labute approximate surface area is 327 Å². The van der Waals surface area contributed by atoms with Gasteiger partial charge in [-0.1, -0.05) is 133 Å². The van der Waals surface area contributed by atoms with Gasteiger partial charge in [-0.05, 0) is 99.8 Å². The molecule has 0 atom stereocenters. The van der Waals surface area contributed by atoms with Crippen molar-refractivity contribution in [2.24, 2.45) is 0 Å². The highest BCUT2D eigenvalue weighted by molar-refractivity contribution is 7.26. The van der Waals surface area contributed by atoms with E-state index in [1.807, 2.05) is 29.5 Å². The van der Waals surface area contributed by atoms with Crippen molar-refractivity contribution in [1.82, 2.24) is 4.57 Å². The molecule has 0 aliphatic heterocycles. The van der Waals surface area contributed by atoms with E-state index >= 15 is 4.39 Å². The van der Waals surface area contributed by atoms with Gasteiger partial charge in [-0.15, -0.1) is 11.3 Å². The predicted molar refractivity (Wildman–Crippen MR) is 237 cm³/mol. The lowest BCUT2D eigenvalue weighted by Crippen LogP contribution is -2.10. The average Bonchev–Trinajstić information content (AvgIpc) is 3.81. The summed E-state index contributed by atoms with van der Waals surface area (Å²) in [5.74, 6) is -0.241. The van der Waals surface area contributed by atoms with E-state index in [-0.39, 0.29) is 5.82 Å². The molecule has 0 amide bonds. The van der Waals surface area contributed by atoms with Gasteiger partial charge in [-0.25, -0.2) is 4.39 Å². The Morgan fingerprint density at radius 2 is 1.07 bits per heavy atom. The second kappa shape index (κ2) is 13.1. The molecule has 9 aromatic carbocycles. The predicted octanol–water partition coefficient (Wildman–Crippen LogP) is 15.2. The molecule has 4 heteroatoms. The number of halogens is 1. The monoisotopic (exact) mass is 736 g/mol. The van der Waals surface area contributed by atoms with Crippen molar-refractivity contribution in [3.05, 3.63) is 206 Å². The molecule has 264 valence electrons. The molecule has 11 rings (SSSR count). The van der Waals surface area contributed by atoms with Crippen LogP contribution in [0.4, 0.5) is 21.5 Å². The van der Waals surface area contributed by atoms with E-state index in [0.717, 1.165) is 44.6 Å². The van der Waals surface area contributed by atoms with Gasteiger partial charge in [0.25, 0.3) is 0 Å². The highest BCUT2D eigenvalue weighted by Gasteiger charge is 2.19. The molecule has 2 heterocycles. The topological polar surface area (TPSA) is 8.17 Å². The number of aromatic nitrogens is 1. The van der Waals surface area contributed by atoms with Crippen molar-refractivity contribution in [2.45, 2.75) is 0 Å². The van der Waals surface area contributed by atoms with Gasteiger partial charge in [0, 0.05) is 53.7 Å². The Bertz CT molecular complexity index is 3270. The van der Waals surface area contributed by atoms with E-state index in [0.29, 0.717) is 5.52 Å². The van der Waals surface area contributed by atoms with Crippen molar-refractivity contribution in [2.75, 3.05) is 4.90 Å². The molecule has 11 aromatic rings. The van der Waals surface area contributed by atoms with E-state index in [2.05, 4.69) is 179 Å². The van der Waals surface area contributed by atoms with Crippen LogP contribution in [0.1, 0.15) is 0 Å². The van der Waals surface area contributed by atoms with Gasteiger partial charge >= 0.3 is 0 Å². The number of anilines is 3. The van der Waals surface area contributed by atoms with Crippen LogP contribution in [0.3, 0.4) is 0 Å². The zero-order valence-electron chi connectivity index (χ0n) is 30.2. The Hall–Kier alpha value is -7.01. The van der Waals surface area contributed by atoms with Crippen LogP contribution in [0.5, 0.6) is 0 Å². The quantitative estimate of drug-likeness (QED) is 0.165. The first-order valence-corrected chi connectivity index (χ1v) is 19.7. The number of thiophene rings is 1. The number of hydrogen-bond donors (Lipinski definition) is 0. The van der Waals surface area contributed by atoms with Crippen LogP contribution in [0.25, 0.3) is 80.7 Å². The second-order valence-electron chi connectivity index (χ2n) is 14.3. The van der Waals surface area contributed by atoms with Gasteiger partial charge in [-0.2, -0.15) is 0 Å². The van der Waals surface area contributed by atoms with Gasteiger partial charge in [0.15, 0.2) is 0 Å². The molecule has 0 saturated carbocycles. The summed E-state index contributed by atoms with van der Waals surface area (Å²) < 4.78 is 20.4. The van der Waals surface area contributed by atoms with Crippen LogP contribution in [-0.2, 0) is 0 Å². The highest BCUT2D eigenvalue weighted by atomic mass is 32.1. The molecule has 0 fully saturated rings. The summed E-state index contributed by atoms with van der Waals surface area (Å²) in [6, 6.07) is 70.0. The molecule has 0 spiro atoms. The lowest BCUT2D eigenvalue weighted by Gasteiger charge is -2.26. The van der Waals surface area contributed by atoms with Crippen molar-refractivity contribution in [3.63, 3.8) is 0 Å². The fourth-order valence-electron chi connectivity index (χ4n) is 8.40. The number of benzene rings is 9. The molecular formula is C52H33FN2S. The summed E-state index contributed by atoms with van der Waals surface area (Å²) in [7, 11) is 0. The van der Waals surface area contributed by atoms with Crippen molar-refractivity contribution < 1.29 is 4.39 Å². The standard InChI is InChI=1S/C52H33FN2S/c53-48-19-9-17-46-44-14-3-5-20-49(44)55(51(46)48)42-13-7-12-41(33-42)54(39-28-24-35(25-29-39)38-23-22-34-10-1-2-11-37(34)32-38)40-30-26-36(27-31-40)43-16-8-18-47-45-15-4-6-21-50(45)56-52(43)47/h1-33H. The normalized spacial score (nSPS) is 11.7. The Morgan fingerprint density at radius 1 is 0.429 bits per heavy atom. The zero-order valence-corrected chi connectivity index (χ0v) is 31.0. The Morgan fingerprint density at radius 3 is 1.91 bits per heavy atom. The fraction of sp³-hybridized carbons (Fsp3) is 0. The van der Waals surface area contributed by atoms with Gasteiger partial charge in [-0.3, -0.25) is 0 Å². The summed E-state index contributed by atoms with van der Waals surface area (Å²) in [5, 5.41) is 6.97. The first-order valence-electron chi connectivity index (χ1n) is 18.9. The summed E-state index contributed by atoms with van der Waals surface area (Å²) >= 11 is 1.85. The molecule has 0 radical (unpaired) electrons. The lowest BCUT2D eigenvalue weighted by atomic mass is 10.0. The number of hydrogen-bond acceptors (Lipinski definition) is 2. The van der Waals surface area contributed by atoms with Crippen molar-refractivity contribution >= 4 is 81.1 Å². The van der Waals surface area contributed by atoms with E-state index in [9.17, 15) is 0 Å². The number of nitrogens with zero attached hydrogens (tertiary/aromatic N) is 2. The minimum absolute atomic E-state index is 0.241. The second-order valence-corrected chi connectivity index (χ2v) is 15.3. The molecule has 0 saturated heterocycles. The summed E-state index contributed by atoms with van der Waals surface area (Å²) in [4.78, 5) is 2.29. The molecule has 0 aliphatic carbocycles. The van der Waals surface area contributed by atoms with E-state index in [4.69, 9.17) is 0 Å². The molecule has 2 aromatic heterocycles. The third kappa shape index (κ3) is 5.30. The first-order chi connectivity index (χ1) is 27.7. The van der Waals surface area contributed by atoms with Gasteiger partial charge in [0.1, 0.15) is 5.82 Å². The van der Waals surface area contributed by atoms with E-state index in [1.54, 1.807) is 12.1 Å². The number of fused-ring (bicyclic) bond motifs is 7. The zero-order chi connectivity index (χ0) is 37.2. The smallest absolute Gasteiger partial charge is 0.147 e. The van der Waals surface area contributed by atoms with Crippen LogP contribution in [-0.4, -0.2) is 4.57 Å². The van der Waals surface area contributed by atoms with E-state index in [1.165, 1.54) is 47.6 Å². The number of para-hydroxylation sites is 2. The summed E-state index contributed by atoms with van der Waals surface area (Å²) in [6.07, 6.45) is 0. The van der Waals surface area contributed by atoms with Gasteiger partial charge < -0.3 is 9.47 Å². The molecular weight excluding hydrogens is 704 g/mol. The molecule has 56 heavy (non-hydrogen) atoms. The molecule has 0 N–H and O–H groups in total. The van der Waals surface area contributed by atoms with Crippen LogP contribution >= 0.6 is 11.3 Å². The van der Waals surface area contributed by atoms with Gasteiger partial charge in [0.05, 0.1) is 11.0 Å². The van der Waals surface area contributed by atoms with E-state index < -0.39 is 0 Å². The maximum absolute atomic E-state index is 15.7. The number of rotatable bonds is 6. The summed E-state index contributed by atoms with van der Waals surface area (Å²) in [5.41, 5.74) is 10.2. The molecule has 0 unspecified atom stereocenters. The van der Waals surface area contributed by atoms with Crippen LogP contribution < -0.4 is 4.90 Å². The van der Waals surface area contributed by atoms with Crippen LogP contribution in [0.15, 0.2) is 200 Å². The van der Waals surface area contributed by atoms with Crippen LogP contribution in [0, 0.1) is 5.82 Å². The molecule has 2 nitrogen and oxygen atoms in total. The Balaban J connectivity index is 1.05. The van der Waals surface area contributed by atoms with Crippen LogP contribution in [0.2, 0.25) is 0 Å². The third-order valence-corrected chi connectivity index (χ3v) is 12.3. The van der Waals surface area contributed by atoms with Gasteiger partial charge in [0.2, 0.25) is 0 Å². The minimum atomic E-state index is -0.241. The van der Waals surface area contributed by atoms with Crippen molar-refractivity contribution in [3.8, 4) is 27.9 Å². The maximum Gasteiger partial charge on any atom is 0.147 e. The fourth-order valence-corrected chi connectivity index (χ4v) is 9.64. The largest absolute Gasteiger partial charge is 0.310 e. The Kier molecular flexibility index (Phi) is 7.58. The molecule has 0 bridgehead atoms. The summed E-state index contributed by atoms with van der Waals surface area (Å²) in [6.45, 7) is 0.